The van der Waals surface area contributed by atoms with Crippen LogP contribution < -0.4 is 5.73 Å². The number of rotatable bonds is 3. The van der Waals surface area contributed by atoms with Crippen molar-refractivity contribution in [1.29, 1.82) is 0 Å². The molecular weight excluding hydrogens is 234 g/mol. The van der Waals surface area contributed by atoms with Crippen molar-refractivity contribution in [2.75, 3.05) is 11.5 Å². The lowest BCUT2D eigenvalue weighted by Crippen LogP contribution is -2.36. The summed E-state index contributed by atoms with van der Waals surface area (Å²) in [6.45, 7) is 0. The second-order valence-corrected chi connectivity index (χ2v) is 7.32. The number of hydrogen-bond acceptors (Lipinski definition) is 3. The summed E-state index contributed by atoms with van der Waals surface area (Å²) >= 11 is 0. The van der Waals surface area contributed by atoms with Gasteiger partial charge in [0.2, 0.25) is 0 Å². The Morgan fingerprint density at radius 1 is 1.18 bits per heavy atom. The fraction of sp³-hybridized carbons (Fsp3) is 0.538. The van der Waals surface area contributed by atoms with E-state index in [1.807, 2.05) is 18.2 Å². The zero-order chi connectivity index (χ0) is 12.3. The van der Waals surface area contributed by atoms with Crippen LogP contribution in [0, 0.1) is 5.92 Å². The summed E-state index contributed by atoms with van der Waals surface area (Å²) < 4.78 is 19.1. The van der Waals surface area contributed by atoms with Gasteiger partial charge in [-0.2, -0.15) is 10.6 Å². The third-order valence-corrected chi connectivity index (χ3v) is 5.33. The number of nitrogens with two attached hydrogens (primary N) is 1. The molecule has 1 aromatic carbocycles. The summed E-state index contributed by atoms with van der Waals surface area (Å²) in [4.78, 5) is 0. The smallest absolute Gasteiger partial charge is 0.0377 e. The SMILES string of the molecule is NC(Cc1ccccc1)C1CCS(O)(O)CC1. The Bertz CT molecular complexity index is 346. The topological polar surface area (TPSA) is 66.5 Å². The molecule has 1 aromatic rings. The van der Waals surface area contributed by atoms with Gasteiger partial charge in [-0.05, 0) is 30.7 Å². The Hall–Kier alpha value is -0.550. The molecule has 4 N–H and O–H groups in total. The van der Waals surface area contributed by atoms with Crippen LogP contribution in [-0.4, -0.2) is 26.7 Å². The summed E-state index contributed by atoms with van der Waals surface area (Å²) in [5.74, 6) is 1.48. The second-order valence-electron chi connectivity index (χ2n) is 4.90. The van der Waals surface area contributed by atoms with Crippen molar-refractivity contribution in [2.45, 2.75) is 25.3 Å². The molecule has 1 aliphatic heterocycles. The van der Waals surface area contributed by atoms with Gasteiger partial charge in [0.25, 0.3) is 0 Å². The molecule has 0 aromatic heterocycles. The Morgan fingerprint density at radius 2 is 1.76 bits per heavy atom. The van der Waals surface area contributed by atoms with Gasteiger partial charge in [-0.15, -0.1) is 0 Å². The molecule has 1 atom stereocenters. The monoisotopic (exact) mass is 255 g/mol. The van der Waals surface area contributed by atoms with Gasteiger partial charge in [-0.3, -0.25) is 9.11 Å². The Kier molecular flexibility index (Phi) is 4.09. The lowest BCUT2D eigenvalue weighted by Gasteiger charge is -2.40. The first kappa shape index (κ1) is 12.9. The summed E-state index contributed by atoms with van der Waals surface area (Å²) in [5.41, 5.74) is 7.48. The average molecular weight is 255 g/mol. The fourth-order valence-corrected chi connectivity index (χ4v) is 3.97. The highest BCUT2D eigenvalue weighted by atomic mass is 32.3. The maximum absolute atomic E-state index is 9.56. The summed E-state index contributed by atoms with van der Waals surface area (Å²) in [5, 5.41) is 0. The molecule has 0 amide bonds. The van der Waals surface area contributed by atoms with Crippen molar-refractivity contribution in [3.05, 3.63) is 35.9 Å². The molecular formula is C13H21NO2S. The van der Waals surface area contributed by atoms with E-state index in [0.29, 0.717) is 17.4 Å². The van der Waals surface area contributed by atoms with E-state index < -0.39 is 10.6 Å². The van der Waals surface area contributed by atoms with Crippen LogP contribution in [0.1, 0.15) is 18.4 Å². The number of hydrogen-bond donors (Lipinski definition) is 3. The van der Waals surface area contributed by atoms with Crippen LogP contribution in [0.5, 0.6) is 0 Å². The minimum atomic E-state index is -2.28. The first-order chi connectivity index (χ1) is 8.07. The maximum atomic E-state index is 9.56. The molecule has 3 nitrogen and oxygen atoms in total. The minimum Gasteiger partial charge on any atom is -0.327 e. The van der Waals surface area contributed by atoms with E-state index in [4.69, 9.17) is 5.73 Å². The summed E-state index contributed by atoms with van der Waals surface area (Å²) in [6.07, 6.45) is 2.57. The molecule has 0 radical (unpaired) electrons. The van der Waals surface area contributed by atoms with Crippen LogP contribution >= 0.6 is 10.6 Å². The van der Waals surface area contributed by atoms with Crippen molar-refractivity contribution >= 4 is 10.6 Å². The molecule has 1 fully saturated rings. The van der Waals surface area contributed by atoms with Crippen molar-refractivity contribution in [3.63, 3.8) is 0 Å². The predicted molar refractivity (Wildman–Crippen MR) is 73.4 cm³/mol. The zero-order valence-corrected chi connectivity index (χ0v) is 10.8. The van der Waals surface area contributed by atoms with E-state index in [2.05, 4.69) is 12.1 Å². The predicted octanol–water partition coefficient (Wildman–Crippen LogP) is 2.72. The van der Waals surface area contributed by atoms with Crippen LogP contribution in [0.4, 0.5) is 0 Å². The summed E-state index contributed by atoms with van der Waals surface area (Å²) in [6, 6.07) is 10.4. The van der Waals surface area contributed by atoms with Crippen molar-refractivity contribution in [2.24, 2.45) is 11.7 Å². The van der Waals surface area contributed by atoms with Gasteiger partial charge in [0, 0.05) is 17.5 Å². The molecule has 1 aliphatic rings. The molecule has 1 saturated heterocycles. The van der Waals surface area contributed by atoms with Gasteiger partial charge in [-0.1, -0.05) is 30.3 Å². The van der Waals surface area contributed by atoms with Crippen LogP contribution in [0.25, 0.3) is 0 Å². The van der Waals surface area contributed by atoms with Gasteiger partial charge in [0.15, 0.2) is 0 Å². The second kappa shape index (κ2) is 5.40. The normalized spacial score (nSPS) is 24.2. The lowest BCUT2D eigenvalue weighted by molar-refractivity contribution is 0.363. The first-order valence-corrected chi connectivity index (χ1v) is 7.98. The molecule has 0 aliphatic carbocycles. The molecule has 1 heterocycles. The molecule has 17 heavy (non-hydrogen) atoms. The van der Waals surface area contributed by atoms with Crippen molar-refractivity contribution < 1.29 is 9.11 Å². The van der Waals surface area contributed by atoms with Crippen LogP contribution in [0.2, 0.25) is 0 Å². The van der Waals surface area contributed by atoms with Gasteiger partial charge in [0.05, 0.1) is 0 Å². The van der Waals surface area contributed by atoms with E-state index in [-0.39, 0.29) is 6.04 Å². The number of benzene rings is 1. The molecule has 0 bridgehead atoms. The standard InChI is InChI=1S/C13H21NO2S/c14-13(10-11-4-2-1-3-5-11)12-6-8-17(15,16)9-7-12/h1-5,12-13,15-16H,6-10,14H2. The van der Waals surface area contributed by atoms with Gasteiger partial charge < -0.3 is 5.73 Å². The maximum Gasteiger partial charge on any atom is 0.0377 e. The average Bonchev–Trinajstić information content (AvgIpc) is 2.30. The largest absolute Gasteiger partial charge is 0.327 e. The molecule has 2 rings (SSSR count). The van der Waals surface area contributed by atoms with E-state index in [1.54, 1.807) is 0 Å². The van der Waals surface area contributed by atoms with Gasteiger partial charge in [0.1, 0.15) is 0 Å². The third kappa shape index (κ3) is 3.71. The first-order valence-electron chi connectivity index (χ1n) is 6.10. The summed E-state index contributed by atoms with van der Waals surface area (Å²) in [7, 11) is -2.28. The van der Waals surface area contributed by atoms with E-state index in [1.165, 1.54) is 5.56 Å². The van der Waals surface area contributed by atoms with E-state index in [0.717, 1.165) is 19.3 Å². The van der Waals surface area contributed by atoms with Gasteiger partial charge in [-0.25, -0.2) is 0 Å². The van der Waals surface area contributed by atoms with Crippen molar-refractivity contribution in [3.8, 4) is 0 Å². The highest BCUT2D eigenvalue weighted by Gasteiger charge is 2.27. The highest BCUT2D eigenvalue weighted by Crippen LogP contribution is 2.46. The molecule has 0 saturated carbocycles. The highest BCUT2D eigenvalue weighted by molar-refractivity contribution is 8.24. The minimum absolute atomic E-state index is 0.132. The van der Waals surface area contributed by atoms with Gasteiger partial charge >= 0.3 is 0 Å². The van der Waals surface area contributed by atoms with Crippen molar-refractivity contribution in [1.82, 2.24) is 0 Å². The third-order valence-electron chi connectivity index (χ3n) is 3.55. The Morgan fingerprint density at radius 3 is 2.35 bits per heavy atom. The quantitative estimate of drug-likeness (QED) is 0.778. The lowest BCUT2D eigenvalue weighted by atomic mass is 9.90. The van der Waals surface area contributed by atoms with Crippen LogP contribution in [0.3, 0.4) is 0 Å². The van der Waals surface area contributed by atoms with E-state index in [9.17, 15) is 9.11 Å². The Balaban J connectivity index is 1.87. The fourth-order valence-electron chi connectivity index (χ4n) is 2.41. The zero-order valence-electron chi connectivity index (χ0n) is 9.96. The molecule has 4 heteroatoms. The van der Waals surface area contributed by atoms with E-state index >= 15 is 0 Å². The molecule has 1 unspecified atom stereocenters. The Labute approximate surface area is 104 Å². The van der Waals surface area contributed by atoms with Crippen LogP contribution in [-0.2, 0) is 6.42 Å². The van der Waals surface area contributed by atoms with Crippen LogP contribution in [0.15, 0.2) is 30.3 Å². The molecule has 0 spiro atoms. The molecule has 96 valence electrons.